The Bertz CT molecular complexity index is 516. The number of aromatic nitrogens is 2. The van der Waals surface area contributed by atoms with Gasteiger partial charge in [-0.05, 0) is 19.1 Å². The molecule has 0 saturated heterocycles. The zero-order valence-electron chi connectivity index (χ0n) is 7.37. The summed E-state index contributed by atoms with van der Waals surface area (Å²) >= 11 is 5.94. The van der Waals surface area contributed by atoms with Gasteiger partial charge in [-0.25, -0.2) is 4.79 Å². The van der Waals surface area contributed by atoms with E-state index in [0.717, 1.165) is 5.56 Å². The van der Waals surface area contributed by atoms with Crippen LogP contribution in [0.3, 0.4) is 0 Å². The number of aryl methyl sites for hydroxylation is 1. The van der Waals surface area contributed by atoms with Crippen LogP contribution < -0.4 is 5.76 Å². The molecular formula is C9H7ClN2O2. The van der Waals surface area contributed by atoms with E-state index in [1.807, 2.05) is 19.1 Å². The summed E-state index contributed by atoms with van der Waals surface area (Å²) in [4.78, 5) is 13.2. The molecule has 1 N–H and O–H groups in total. The van der Waals surface area contributed by atoms with Gasteiger partial charge in [-0.2, -0.15) is 0 Å². The number of hydrogen-bond donors (Lipinski definition) is 1. The Morgan fingerprint density at radius 2 is 2.29 bits per heavy atom. The standard InChI is InChI=1S/C9H7ClN2O2/c1-5-2-3-7(10)6(4-5)8-11-9(13)14-12-8/h2-4H,1H3,(H,11,12,13). The summed E-state index contributed by atoms with van der Waals surface area (Å²) in [6.07, 6.45) is 0. The lowest BCUT2D eigenvalue weighted by molar-refractivity contribution is 0.388. The largest absolute Gasteiger partial charge is 0.439 e. The molecule has 5 heteroatoms. The van der Waals surface area contributed by atoms with Gasteiger partial charge in [0.2, 0.25) is 0 Å². The van der Waals surface area contributed by atoms with E-state index < -0.39 is 5.76 Å². The van der Waals surface area contributed by atoms with Crippen molar-refractivity contribution in [3.63, 3.8) is 0 Å². The number of nitrogens with zero attached hydrogens (tertiary/aromatic N) is 1. The van der Waals surface area contributed by atoms with Gasteiger partial charge in [0.05, 0.1) is 5.02 Å². The minimum Gasteiger partial charge on any atom is -0.296 e. The first-order chi connectivity index (χ1) is 6.66. The van der Waals surface area contributed by atoms with Crippen LogP contribution in [-0.4, -0.2) is 10.1 Å². The molecular weight excluding hydrogens is 204 g/mol. The number of rotatable bonds is 1. The predicted molar refractivity (Wildman–Crippen MR) is 52.3 cm³/mol. The third-order valence-electron chi connectivity index (χ3n) is 1.82. The predicted octanol–water partition coefficient (Wildman–Crippen LogP) is 1.99. The van der Waals surface area contributed by atoms with Crippen molar-refractivity contribution >= 4 is 11.6 Å². The molecule has 0 bridgehead atoms. The van der Waals surface area contributed by atoms with Gasteiger partial charge in [0.15, 0.2) is 5.82 Å². The van der Waals surface area contributed by atoms with E-state index in [4.69, 9.17) is 11.6 Å². The molecule has 2 aromatic rings. The molecule has 1 heterocycles. The van der Waals surface area contributed by atoms with E-state index in [0.29, 0.717) is 16.4 Å². The molecule has 0 spiro atoms. The van der Waals surface area contributed by atoms with E-state index in [1.54, 1.807) is 6.07 Å². The smallest absolute Gasteiger partial charge is 0.296 e. The highest BCUT2D eigenvalue weighted by atomic mass is 35.5. The Morgan fingerprint density at radius 3 is 2.93 bits per heavy atom. The molecule has 0 unspecified atom stereocenters. The van der Waals surface area contributed by atoms with Crippen LogP contribution in [0.25, 0.3) is 11.4 Å². The molecule has 14 heavy (non-hydrogen) atoms. The number of H-pyrrole nitrogens is 1. The first-order valence-corrected chi connectivity index (χ1v) is 4.37. The Labute approximate surface area is 84.5 Å². The topological polar surface area (TPSA) is 58.9 Å². The number of hydrogen-bond acceptors (Lipinski definition) is 3. The van der Waals surface area contributed by atoms with Gasteiger partial charge in [-0.1, -0.05) is 28.4 Å². The molecule has 0 aliphatic rings. The minimum atomic E-state index is -0.586. The van der Waals surface area contributed by atoms with Crippen molar-refractivity contribution in [2.24, 2.45) is 0 Å². The maximum atomic E-state index is 10.7. The molecule has 0 aliphatic heterocycles. The van der Waals surface area contributed by atoms with E-state index in [1.165, 1.54) is 0 Å². The lowest BCUT2D eigenvalue weighted by atomic mass is 10.1. The summed E-state index contributed by atoms with van der Waals surface area (Å²) < 4.78 is 4.39. The molecule has 1 aromatic heterocycles. The van der Waals surface area contributed by atoms with Crippen molar-refractivity contribution in [3.8, 4) is 11.4 Å². The van der Waals surface area contributed by atoms with Crippen LogP contribution in [-0.2, 0) is 0 Å². The van der Waals surface area contributed by atoms with E-state index in [9.17, 15) is 4.79 Å². The highest BCUT2D eigenvalue weighted by Gasteiger charge is 2.08. The Morgan fingerprint density at radius 1 is 1.50 bits per heavy atom. The summed E-state index contributed by atoms with van der Waals surface area (Å²) in [5, 5.41) is 4.09. The molecule has 2 rings (SSSR count). The highest BCUT2D eigenvalue weighted by molar-refractivity contribution is 6.33. The van der Waals surface area contributed by atoms with Crippen molar-refractivity contribution < 1.29 is 4.52 Å². The second-order valence-electron chi connectivity index (χ2n) is 2.93. The molecule has 0 amide bonds. The second kappa shape index (κ2) is 3.31. The summed E-state index contributed by atoms with van der Waals surface area (Å²) in [7, 11) is 0. The lowest BCUT2D eigenvalue weighted by Crippen LogP contribution is -1.95. The monoisotopic (exact) mass is 210 g/mol. The van der Waals surface area contributed by atoms with Crippen molar-refractivity contribution in [1.82, 2.24) is 10.1 Å². The normalized spacial score (nSPS) is 10.4. The number of benzene rings is 1. The van der Waals surface area contributed by atoms with Crippen LogP contribution in [0.2, 0.25) is 5.02 Å². The maximum absolute atomic E-state index is 10.7. The van der Waals surface area contributed by atoms with E-state index in [2.05, 4.69) is 14.7 Å². The Kier molecular flexibility index (Phi) is 2.13. The molecule has 0 fully saturated rings. The first-order valence-electron chi connectivity index (χ1n) is 3.99. The van der Waals surface area contributed by atoms with Gasteiger partial charge in [0.1, 0.15) is 0 Å². The van der Waals surface area contributed by atoms with E-state index in [-0.39, 0.29) is 0 Å². The third kappa shape index (κ3) is 1.56. The molecule has 72 valence electrons. The molecule has 0 saturated carbocycles. The minimum absolute atomic E-state index is 0.351. The Hall–Kier alpha value is -1.55. The van der Waals surface area contributed by atoms with Crippen LogP contribution in [0.1, 0.15) is 5.56 Å². The highest BCUT2D eigenvalue weighted by Crippen LogP contribution is 2.25. The quantitative estimate of drug-likeness (QED) is 0.783. The average molecular weight is 211 g/mol. The van der Waals surface area contributed by atoms with Crippen LogP contribution >= 0.6 is 11.6 Å². The fourth-order valence-corrected chi connectivity index (χ4v) is 1.37. The fourth-order valence-electron chi connectivity index (χ4n) is 1.17. The molecule has 0 atom stereocenters. The van der Waals surface area contributed by atoms with Gasteiger partial charge in [0, 0.05) is 5.56 Å². The summed E-state index contributed by atoms with van der Waals surface area (Å²) in [5.74, 6) is -0.235. The zero-order chi connectivity index (χ0) is 10.1. The SMILES string of the molecule is Cc1ccc(Cl)c(-c2noc(=O)[nH]2)c1. The van der Waals surface area contributed by atoms with E-state index >= 15 is 0 Å². The van der Waals surface area contributed by atoms with Crippen LogP contribution in [0, 0.1) is 6.92 Å². The summed E-state index contributed by atoms with van der Waals surface area (Å²) in [6, 6.07) is 5.46. The van der Waals surface area contributed by atoms with Crippen molar-refractivity contribution in [1.29, 1.82) is 0 Å². The average Bonchev–Trinajstić information content (AvgIpc) is 2.56. The van der Waals surface area contributed by atoms with Crippen molar-refractivity contribution in [2.45, 2.75) is 6.92 Å². The molecule has 0 radical (unpaired) electrons. The van der Waals surface area contributed by atoms with Crippen LogP contribution in [0.5, 0.6) is 0 Å². The third-order valence-corrected chi connectivity index (χ3v) is 2.15. The van der Waals surface area contributed by atoms with Gasteiger partial charge in [-0.15, -0.1) is 0 Å². The maximum Gasteiger partial charge on any atom is 0.439 e. The Balaban J connectivity index is 2.61. The first kappa shape index (κ1) is 9.02. The fraction of sp³-hybridized carbons (Fsp3) is 0.111. The molecule has 1 aromatic carbocycles. The lowest BCUT2D eigenvalue weighted by Gasteiger charge is -1.99. The van der Waals surface area contributed by atoms with Gasteiger partial charge < -0.3 is 0 Å². The van der Waals surface area contributed by atoms with Crippen LogP contribution in [0.15, 0.2) is 27.5 Å². The van der Waals surface area contributed by atoms with Gasteiger partial charge >= 0.3 is 5.76 Å². The van der Waals surface area contributed by atoms with Crippen molar-refractivity contribution in [3.05, 3.63) is 39.3 Å². The van der Waals surface area contributed by atoms with Gasteiger partial charge in [0.25, 0.3) is 0 Å². The zero-order valence-corrected chi connectivity index (χ0v) is 8.13. The number of halogens is 1. The summed E-state index contributed by atoms with van der Waals surface area (Å²) in [5.41, 5.74) is 1.70. The number of nitrogens with one attached hydrogen (secondary N) is 1. The molecule has 0 aliphatic carbocycles. The number of aromatic amines is 1. The second-order valence-corrected chi connectivity index (χ2v) is 3.33. The molecule has 4 nitrogen and oxygen atoms in total. The van der Waals surface area contributed by atoms with Crippen molar-refractivity contribution in [2.75, 3.05) is 0 Å². The summed E-state index contributed by atoms with van der Waals surface area (Å²) in [6.45, 7) is 1.93. The van der Waals surface area contributed by atoms with Crippen LogP contribution in [0.4, 0.5) is 0 Å². The van der Waals surface area contributed by atoms with Gasteiger partial charge in [-0.3, -0.25) is 9.51 Å².